The number of aromatic nitrogens is 3. The predicted octanol–water partition coefficient (Wildman–Crippen LogP) is 4.61. The number of benzene rings is 2. The zero-order valence-electron chi connectivity index (χ0n) is 18.0. The van der Waals surface area contributed by atoms with Crippen molar-refractivity contribution in [1.82, 2.24) is 24.6 Å². The highest BCUT2D eigenvalue weighted by Gasteiger charge is 2.36. The molecule has 0 bridgehead atoms. The van der Waals surface area contributed by atoms with E-state index < -0.39 is 6.04 Å². The van der Waals surface area contributed by atoms with Crippen molar-refractivity contribution in [2.75, 3.05) is 7.05 Å². The van der Waals surface area contributed by atoms with E-state index in [1.54, 1.807) is 18.0 Å². The molecule has 0 spiro atoms. The molecule has 7 heteroatoms. The molecule has 0 radical (unpaired) electrons. The van der Waals surface area contributed by atoms with E-state index in [0.717, 1.165) is 40.4 Å². The highest BCUT2D eigenvalue weighted by atomic mass is 19.1. The first-order valence-electron chi connectivity index (χ1n) is 10.7. The molecule has 32 heavy (non-hydrogen) atoms. The Morgan fingerprint density at radius 1 is 1.12 bits per heavy atom. The fourth-order valence-electron chi connectivity index (χ4n) is 4.52. The van der Waals surface area contributed by atoms with Crippen LogP contribution in [0.3, 0.4) is 0 Å². The van der Waals surface area contributed by atoms with Gasteiger partial charge in [0.05, 0.1) is 29.7 Å². The van der Waals surface area contributed by atoms with Crippen LogP contribution in [0, 0.1) is 5.82 Å². The molecule has 1 atom stereocenters. The summed E-state index contributed by atoms with van der Waals surface area (Å²) in [6.45, 7) is 2.42. The molecule has 1 N–H and O–H groups in total. The average molecular weight is 429 g/mol. The number of hydrogen-bond donors (Lipinski definition) is 1. The van der Waals surface area contributed by atoms with Gasteiger partial charge in [0.25, 0.3) is 0 Å². The number of amides is 2. The van der Waals surface area contributed by atoms with Crippen LogP contribution in [0.1, 0.15) is 35.5 Å². The number of fused-ring (bicyclic) bond motifs is 3. The molecule has 0 aliphatic carbocycles. The number of para-hydroxylation sites is 1. The van der Waals surface area contributed by atoms with Crippen LogP contribution in [-0.2, 0) is 13.0 Å². The largest absolute Gasteiger partial charge is 0.341 e. The quantitative estimate of drug-likeness (QED) is 0.517. The van der Waals surface area contributed by atoms with Gasteiger partial charge in [-0.25, -0.2) is 13.9 Å². The Morgan fingerprint density at radius 2 is 1.94 bits per heavy atom. The summed E-state index contributed by atoms with van der Waals surface area (Å²) in [5, 5.41) is 7.67. The molecule has 3 heterocycles. The molecule has 5 rings (SSSR count). The lowest BCUT2D eigenvalue weighted by molar-refractivity contribution is 0.182. The van der Waals surface area contributed by atoms with Gasteiger partial charge in [0.15, 0.2) is 0 Å². The molecule has 0 saturated heterocycles. The zero-order chi connectivity index (χ0) is 22.2. The van der Waals surface area contributed by atoms with E-state index in [-0.39, 0.29) is 11.8 Å². The first-order chi connectivity index (χ1) is 15.6. The standard InChI is InChI=1S/C25H24FN5O/c1-3-21-20-16-30(25(32)27-2)23(17-9-7-10-18(26)15-17)22-13-8-14-29(22)24(20)31(28-21)19-11-5-4-6-12-19/h4-15,23H,3,16H2,1-2H3,(H,27,32). The second-order valence-corrected chi connectivity index (χ2v) is 7.79. The van der Waals surface area contributed by atoms with Crippen LogP contribution in [0.4, 0.5) is 9.18 Å². The van der Waals surface area contributed by atoms with Crippen LogP contribution < -0.4 is 5.32 Å². The van der Waals surface area contributed by atoms with Crippen LogP contribution in [0.2, 0.25) is 0 Å². The fraction of sp³-hybridized carbons (Fsp3) is 0.200. The number of rotatable bonds is 3. The Kier molecular flexibility index (Phi) is 5.01. The van der Waals surface area contributed by atoms with Gasteiger partial charge in [-0.05, 0) is 48.4 Å². The van der Waals surface area contributed by atoms with Gasteiger partial charge in [-0.3, -0.25) is 0 Å². The van der Waals surface area contributed by atoms with E-state index in [0.29, 0.717) is 6.54 Å². The van der Waals surface area contributed by atoms with Crippen LogP contribution >= 0.6 is 0 Å². The van der Waals surface area contributed by atoms with E-state index in [9.17, 15) is 9.18 Å². The number of carbonyl (C=O) groups excluding carboxylic acids is 1. The molecule has 1 aliphatic rings. The van der Waals surface area contributed by atoms with Crippen molar-refractivity contribution >= 4 is 6.03 Å². The van der Waals surface area contributed by atoms with Gasteiger partial charge in [-0.15, -0.1) is 0 Å². The van der Waals surface area contributed by atoms with Crippen molar-refractivity contribution in [2.45, 2.75) is 25.9 Å². The van der Waals surface area contributed by atoms with E-state index in [1.807, 2.05) is 59.4 Å². The van der Waals surface area contributed by atoms with Crippen LogP contribution in [0.25, 0.3) is 11.5 Å². The van der Waals surface area contributed by atoms with E-state index in [2.05, 4.69) is 16.8 Å². The first kappa shape index (κ1) is 20.1. The number of urea groups is 1. The Hall–Kier alpha value is -3.87. The van der Waals surface area contributed by atoms with Crippen LogP contribution in [0.15, 0.2) is 72.9 Å². The van der Waals surface area contributed by atoms with E-state index in [1.165, 1.54) is 12.1 Å². The van der Waals surface area contributed by atoms with Gasteiger partial charge in [0.2, 0.25) is 0 Å². The lowest BCUT2D eigenvalue weighted by Crippen LogP contribution is -2.40. The van der Waals surface area contributed by atoms with Crippen molar-refractivity contribution in [2.24, 2.45) is 0 Å². The number of nitrogens with one attached hydrogen (secondary N) is 1. The summed E-state index contributed by atoms with van der Waals surface area (Å²) in [5.74, 6) is 0.574. The average Bonchev–Trinajstić information content (AvgIpc) is 3.40. The predicted molar refractivity (Wildman–Crippen MR) is 121 cm³/mol. The van der Waals surface area contributed by atoms with Crippen molar-refractivity contribution in [3.05, 3.63) is 101 Å². The second kappa shape index (κ2) is 8.00. The lowest BCUT2D eigenvalue weighted by Gasteiger charge is -2.30. The topological polar surface area (TPSA) is 55.1 Å². The van der Waals surface area contributed by atoms with Crippen LogP contribution in [-0.4, -0.2) is 32.3 Å². The maximum atomic E-state index is 14.2. The smallest absolute Gasteiger partial charge is 0.318 e. The summed E-state index contributed by atoms with van der Waals surface area (Å²) in [5.41, 5.74) is 4.45. The summed E-state index contributed by atoms with van der Waals surface area (Å²) in [7, 11) is 1.62. The van der Waals surface area contributed by atoms with Gasteiger partial charge in [-0.2, -0.15) is 5.10 Å². The number of halogens is 1. The summed E-state index contributed by atoms with van der Waals surface area (Å²) < 4.78 is 18.2. The number of hydrogen-bond acceptors (Lipinski definition) is 2. The van der Waals surface area contributed by atoms with Crippen molar-refractivity contribution in [1.29, 1.82) is 0 Å². The summed E-state index contributed by atoms with van der Waals surface area (Å²) in [4.78, 5) is 14.8. The van der Waals surface area contributed by atoms with Crippen molar-refractivity contribution in [3.8, 4) is 11.5 Å². The Labute approximate surface area is 185 Å². The van der Waals surface area contributed by atoms with Gasteiger partial charge in [-0.1, -0.05) is 37.3 Å². The highest BCUT2D eigenvalue weighted by molar-refractivity contribution is 5.75. The Balaban J connectivity index is 1.80. The molecule has 2 aromatic heterocycles. The Bertz CT molecular complexity index is 1280. The van der Waals surface area contributed by atoms with Crippen molar-refractivity contribution < 1.29 is 9.18 Å². The number of aryl methyl sites for hydroxylation is 1. The maximum Gasteiger partial charge on any atom is 0.318 e. The number of nitrogens with zero attached hydrogens (tertiary/aromatic N) is 4. The molecule has 1 unspecified atom stereocenters. The minimum atomic E-state index is -0.457. The van der Waals surface area contributed by atoms with Gasteiger partial charge in [0, 0.05) is 18.8 Å². The zero-order valence-corrected chi connectivity index (χ0v) is 18.0. The molecule has 162 valence electrons. The third kappa shape index (κ3) is 3.17. The molecular formula is C25H24FN5O. The molecule has 0 saturated carbocycles. The third-order valence-corrected chi connectivity index (χ3v) is 5.94. The van der Waals surface area contributed by atoms with Gasteiger partial charge < -0.3 is 14.8 Å². The first-order valence-corrected chi connectivity index (χ1v) is 10.7. The fourth-order valence-corrected chi connectivity index (χ4v) is 4.52. The molecular weight excluding hydrogens is 405 g/mol. The lowest BCUT2D eigenvalue weighted by atomic mass is 10.0. The maximum absolute atomic E-state index is 14.2. The van der Waals surface area contributed by atoms with Crippen molar-refractivity contribution in [3.63, 3.8) is 0 Å². The number of carbonyl (C=O) groups is 1. The third-order valence-electron chi connectivity index (χ3n) is 5.94. The SMILES string of the molecule is CCc1nn(-c2ccccc2)c2c1CN(C(=O)NC)C(c1cccc(F)c1)c1cccn1-2. The monoisotopic (exact) mass is 429 g/mol. The minimum absolute atomic E-state index is 0.227. The Morgan fingerprint density at radius 3 is 2.66 bits per heavy atom. The van der Waals surface area contributed by atoms with E-state index in [4.69, 9.17) is 5.10 Å². The van der Waals surface area contributed by atoms with Crippen LogP contribution in [0.5, 0.6) is 0 Å². The molecule has 1 aliphatic heterocycles. The van der Waals surface area contributed by atoms with Gasteiger partial charge >= 0.3 is 6.03 Å². The highest BCUT2D eigenvalue weighted by Crippen LogP contribution is 2.38. The molecule has 2 aromatic carbocycles. The molecule has 2 amide bonds. The molecule has 6 nitrogen and oxygen atoms in total. The summed E-state index contributed by atoms with van der Waals surface area (Å²) in [6.07, 6.45) is 2.71. The van der Waals surface area contributed by atoms with E-state index >= 15 is 0 Å². The summed E-state index contributed by atoms with van der Waals surface area (Å²) >= 11 is 0. The molecule has 0 fully saturated rings. The second-order valence-electron chi connectivity index (χ2n) is 7.79. The van der Waals surface area contributed by atoms with Gasteiger partial charge in [0.1, 0.15) is 11.6 Å². The normalized spacial score (nSPS) is 15.1. The minimum Gasteiger partial charge on any atom is -0.341 e. The summed E-state index contributed by atoms with van der Waals surface area (Å²) in [6, 6.07) is 19.7. The molecule has 4 aromatic rings.